The molecule has 0 radical (unpaired) electrons. The number of rotatable bonds is 7. The van der Waals surface area contributed by atoms with E-state index in [0.29, 0.717) is 6.54 Å². The number of amides is 1. The maximum atomic E-state index is 12.1. The number of anilines is 1. The fourth-order valence-electron chi connectivity index (χ4n) is 4.06. The molecule has 2 aliphatic rings. The molecule has 1 amide bonds. The highest BCUT2D eigenvalue weighted by molar-refractivity contribution is 6.27. The van der Waals surface area contributed by atoms with Crippen LogP contribution in [-0.2, 0) is 20.9 Å². The standard InChI is InChI=1S/C21H33N3O.C2H2O4/c25-21(16-22-15-18-7-3-1-4-8-18)23-20-11-9-19(10-12-20)17-24-13-5-2-6-14-24;3-1(4)2(5)6/h9-12,18,22H,1-8,13-17H2,(H,23,25);(H,3,4)(H,5,6). The van der Waals surface area contributed by atoms with Crippen molar-refractivity contribution in [2.75, 3.05) is 31.5 Å². The number of carbonyl (C=O) groups excluding carboxylic acids is 1. The van der Waals surface area contributed by atoms with Gasteiger partial charge in [-0.25, -0.2) is 9.59 Å². The number of aliphatic carboxylic acids is 2. The molecule has 0 atom stereocenters. The fourth-order valence-corrected chi connectivity index (χ4v) is 4.06. The zero-order valence-corrected chi connectivity index (χ0v) is 18.1. The topological polar surface area (TPSA) is 119 Å². The van der Waals surface area contributed by atoms with Crippen LogP contribution in [0.3, 0.4) is 0 Å². The highest BCUT2D eigenvalue weighted by Crippen LogP contribution is 2.22. The third kappa shape index (κ3) is 10.4. The Kier molecular flexibility index (Phi) is 11.0. The molecule has 1 aromatic rings. The van der Waals surface area contributed by atoms with E-state index in [2.05, 4.69) is 27.7 Å². The van der Waals surface area contributed by atoms with E-state index in [-0.39, 0.29) is 5.91 Å². The minimum absolute atomic E-state index is 0.0552. The van der Waals surface area contributed by atoms with Gasteiger partial charge in [0.05, 0.1) is 6.54 Å². The van der Waals surface area contributed by atoms with Gasteiger partial charge in [0.15, 0.2) is 0 Å². The van der Waals surface area contributed by atoms with Gasteiger partial charge in [0, 0.05) is 12.2 Å². The van der Waals surface area contributed by atoms with E-state index < -0.39 is 11.9 Å². The normalized spacial score (nSPS) is 17.3. The second-order valence-electron chi connectivity index (χ2n) is 8.33. The molecule has 1 aromatic carbocycles. The van der Waals surface area contributed by atoms with E-state index in [4.69, 9.17) is 19.8 Å². The molecular weight excluding hydrogens is 398 g/mol. The Hall–Kier alpha value is -2.45. The van der Waals surface area contributed by atoms with E-state index in [1.165, 1.54) is 70.0 Å². The van der Waals surface area contributed by atoms with Crippen LogP contribution >= 0.6 is 0 Å². The lowest BCUT2D eigenvalue weighted by molar-refractivity contribution is -0.159. The fraction of sp³-hybridized carbons (Fsp3) is 0.609. The number of piperidine rings is 1. The van der Waals surface area contributed by atoms with Crippen LogP contribution in [0.5, 0.6) is 0 Å². The Morgan fingerprint density at radius 2 is 1.45 bits per heavy atom. The molecule has 0 unspecified atom stereocenters. The zero-order chi connectivity index (χ0) is 22.5. The van der Waals surface area contributed by atoms with Crippen LogP contribution in [-0.4, -0.2) is 59.1 Å². The Bertz CT molecular complexity index is 684. The summed E-state index contributed by atoms with van der Waals surface area (Å²) in [5.74, 6) is -2.83. The lowest BCUT2D eigenvalue weighted by Crippen LogP contribution is -2.32. The minimum atomic E-state index is -1.82. The largest absolute Gasteiger partial charge is 0.473 e. The Morgan fingerprint density at radius 3 is 2.03 bits per heavy atom. The number of nitrogens with one attached hydrogen (secondary N) is 2. The number of nitrogens with zero attached hydrogens (tertiary/aromatic N) is 1. The average molecular weight is 434 g/mol. The third-order valence-electron chi connectivity index (χ3n) is 5.72. The van der Waals surface area contributed by atoms with Crippen LogP contribution in [0.15, 0.2) is 24.3 Å². The molecule has 4 N–H and O–H groups in total. The van der Waals surface area contributed by atoms with Crippen LogP contribution in [0.25, 0.3) is 0 Å². The van der Waals surface area contributed by atoms with Crippen molar-refractivity contribution in [2.24, 2.45) is 5.92 Å². The van der Waals surface area contributed by atoms with Gasteiger partial charge in [-0.15, -0.1) is 0 Å². The number of hydrogen-bond donors (Lipinski definition) is 4. The molecular formula is C23H35N3O5. The summed E-state index contributed by atoms with van der Waals surface area (Å²) in [6.07, 6.45) is 10.7. The van der Waals surface area contributed by atoms with Crippen LogP contribution < -0.4 is 10.6 Å². The lowest BCUT2D eigenvalue weighted by Gasteiger charge is -2.26. The van der Waals surface area contributed by atoms with Crippen molar-refractivity contribution in [3.05, 3.63) is 29.8 Å². The minimum Gasteiger partial charge on any atom is -0.473 e. The van der Waals surface area contributed by atoms with E-state index in [1.54, 1.807) is 0 Å². The second kappa shape index (κ2) is 13.8. The molecule has 1 aliphatic carbocycles. The molecule has 172 valence electrons. The molecule has 1 saturated carbocycles. The van der Waals surface area contributed by atoms with Crippen molar-refractivity contribution in [2.45, 2.75) is 57.9 Å². The monoisotopic (exact) mass is 433 g/mol. The third-order valence-corrected chi connectivity index (χ3v) is 5.72. The summed E-state index contributed by atoms with van der Waals surface area (Å²) in [6, 6.07) is 8.33. The Morgan fingerprint density at radius 1 is 0.871 bits per heavy atom. The molecule has 3 rings (SSSR count). The maximum Gasteiger partial charge on any atom is 0.414 e. The van der Waals surface area contributed by atoms with Crippen molar-refractivity contribution in [3.63, 3.8) is 0 Å². The van der Waals surface area contributed by atoms with Gasteiger partial charge < -0.3 is 20.8 Å². The van der Waals surface area contributed by atoms with Gasteiger partial charge in [0.1, 0.15) is 0 Å². The number of likely N-dealkylation sites (tertiary alicyclic amines) is 1. The summed E-state index contributed by atoms with van der Waals surface area (Å²) in [5, 5.41) is 21.1. The van der Waals surface area contributed by atoms with Crippen molar-refractivity contribution < 1.29 is 24.6 Å². The van der Waals surface area contributed by atoms with Gasteiger partial charge in [-0.05, 0) is 68.9 Å². The summed E-state index contributed by atoms with van der Waals surface area (Å²) < 4.78 is 0. The molecule has 1 aliphatic heterocycles. The first-order chi connectivity index (χ1) is 14.9. The molecule has 31 heavy (non-hydrogen) atoms. The van der Waals surface area contributed by atoms with Gasteiger partial charge in [0.25, 0.3) is 0 Å². The second-order valence-corrected chi connectivity index (χ2v) is 8.33. The van der Waals surface area contributed by atoms with Gasteiger partial charge >= 0.3 is 11.9 Å². The smallest absolute Gasteiger partial charge is 0.414 e. The number of carboxylic acids is 2. The maximum absolute atomic E-state index is 12.1. The number of carbonyl (C=O) groups is 3. The molecule has 8 nitrogen and oxygen atoms in total. The molecule has 0 bridgehead atoms. The van der Waals surface area contributed by atoms with Gasteiger partial charge in [0.2, 0.25) is 5.91 Å². The molecule has 8 heteroatoms. The molecule has 0 aromatic heterocycles. The first-order valence-electron chi connectivity index (χ1n) is 11.2. The quantitative estimate of drug-likeness (QED) is 0.488. The van der Waals surface area contributed by atoms with Crippen LogP contribution in [0.1, 0.15) is 56.9 Å². The predicted molar refractivity (Wildman–Crippen MR) is 119 cm³/mol. The summed E-state index contributed by atoms with van der Waals surface area (Å²) in [4.78, 5) is 32.8. The summed E-state index contributed by atoms with van der Waals surface area (Å²) in [7, 11) is 0. The van der Waals surface area contributed by atoms with Gasteiger partial charge in [-0.3, -0.25) is 9.69 Å². The molecule has 1 heterocycles. The number of benzene rings is 1. The lowest BCUT2D eigenvalue weighted by atomic mass is 9.89. The highest BCUT2D eigenvalue weighted by Gasteiger charge is 2.13. The van der Waals surface area contributed by atoms with Crippen molar-refractivity contribution in [1.29, 1.82) is 0 Å². The van der Waals surface area contributed by atoms with E-state index in [9.17, 15) is 4.79 Å². The predicted octanol–water partition coefficient (Wildman–Crippen LogP) is 2.94. The molecule has 0 spiro atoms. The first-order valence-corrected chi connectivity index (χ1v) is 11.2. The SMILES string of the molecule is O=C(CNCC1CCCCC1)Nc1ccc(CN2CCCCC2)cc1.O=C(O)C(=O)O. The zero-order valence-electron chi connectivity index (χ0n) is 18.1. The van der Waals surface area contributed by atoms with Crippen molar-refractivity contribution >= 4 is 23.5 Å². The highest BCUT2D eigenvalue weighted by atomic mass is 16.4. The van der Waals surface area contributed by atoms with Crippen molar-refractivity contribution in [1.82, 2.24) is 10.2 Å². The van der Waals surface area contributed by atoms with Gasteiger partial charge in [-0.2, -0.15) is 0 Å². The number of carboxylic acid groups (broad SMARTS) is 2. The van der Waals surface area contributed by atoms with Crippen LogP contribution in [0.4, 0.5) is 5.69 Å². The Balaban J connectivity index is 0.000000501. The van der Waals surface area contributed by atoms with Crippen molar-refractivity contribution in [3.8, 4) is 0 Å². The molecule has 1 saturated heterocycles. The van der Waals surface area contributed by atoms with E-state index >= 15 is 0 Å². The summed E-state index contributed by atoms with van der Waals surface area (Å²) >= 11 is 0. The summed E-state index contributed by atoms with van der Waals surface area (Å²) in [5.41, 5.74) is 2.22. The van der Waals surface area contributed by atoms with Crippen LogP contribution in [0, 0.1) is 5.92 Å². The van der Waals surface area contributed by atoms with Gasteiger partial charge in [-0.1, -0.05) is 37.8 Å². The Labute approximate surface area is 184 Å². The average Bonchev–Trinajstić information content (AvgIpc) is 2.77. The van der Waals surface area contributed by atoms with E-state index in [1.807, 2.05) is 12.1 Å². The van der Waals surface area contributed by atoms with E-state index in [0.717, 1.165) is 24.7 Å². The van der Waals surface area contributed by atoms with Crippen LogP contribution in [0.2, 0.25) is 0 Å². The molecule has 2 fully saturated rings. The number of hydrogen-bond acceptors (Lipinski definition) is 5. The first kappa shape index (κ1) is 24.8. The summed E-state index contributed by atoms with van der Waals surface area (Å²) in [6.45, 7) is 4.84.